The highest BCUT2D eigenvalue weighted by Crippen LogP contribution is 2.27. The second-order valence-corrected chi connectivity index (χ2v) is 9.53. The van der Waals surface area contributed by atoms with Gasteiger partial charge in [0.05, 0.1) is 4.90 Å². The molecule has 1 saturated carbocycles. The fourth-order valence-corrected chi connectivity index (χ4v) is 5.69. The number of carbonyl (C=O) groups excluding carboxylic acids is 1. The lowest BCUT2D eigenvalue weighted by atomic mass is 9.96. The number of nitrogens with one attached hydrogen (secondary N) is 1. The molecule has 5 nitrogen and oxygen atoms in total. The van der Waals surface area contributed by atoms with Crippen molar-refractivity contribution in [3.05, 3.63) is 29.8 Å². The Morgan fingerprint density at radius 1 is 0.962 bits per heavy atom. The molecule has 0 unspecified atom stereocenters. The summed E-state index contributed by atoms with van der Waals surface area (Å²) in [5.41, 5.74) is 1.02. The van der Waals surface area contributed by atoms with Crippen LogP contribution in [0.15, 0.2) is 29.2 Å². The molecule has 0 radical (unpaired) electrons. The number of carbonyl (C=O) groups is 1. The Balaban J connectivity index is 1.70. The molecule has 1 atom stereocenters. The predicted molar refractivity (Wildman–Crippen MR) is 102 cm³/mol. The Labute approximate surface area is 157 Å². The van der Waals surface area contributed by atoms with Gasteiger partial charge in [0.15, 0.2) is 0 Å². The fraction of sp³-hybridized carbons (Fsp3) is 0.650. The van der Waals surface area contributed by atoms with Crippen LogP contribution >= 0.6 is 0 Å². The zero-order valence-corrected chi connectivity index (χ0v) is 16.4. The fourth-order valence-electron chi connectivity index (χ4n) is 4.03. The van der Waals surface area contributed by atoms with Crippen molar-refractivity contribution in [2.45, 2.75) is 81.7 Å². The van der Waals surface area contributed by atoms with Gasteiger partial charge in [-0.1, -0.05) is 49.8 Å². The van der Waals surface area contributed by atoms with E-state index in [-0.39, 0.29) is 16.8 Å². The molecule has 2 aliphatic rings. The van der Waals surface area contributed by atoms with Gasteiger partial charge in [0.1, 0.15) is 6.04 Å². The lowest BCUT2D eigenvalue weighted by Crippen LogP contribution is -2.48. The maximum absolute atomic E-state index is 13.0. The molecule has 6 heteroatoms. The van der Waals surface area contributed by atoms with Crippen LogP contribution in [0.2, 0.25) is 0 Å². The summed E-state index contributed by atoms with van der Waals surface area (Å²) in [7, 11) is -3.63. The van der Waals surface area contributed by atoms with Crippen LogP contribution in [0, 0.1) is 6.92 Å². The molecule has 2 fully saturated rings. The highest BCUT2D eigenvalue weighted by atomic mass is 32.2. The molecule has 1 aliphatic heterocycles. The van der Waals surface area contributed by atoms with E-state index in [2.05, 4.69) is 5.32 Å². The van der Waals surface area contributed by atoms with Crippen LogP contribution in [-0.4, -0.2) is 37.3 Å². The van der Waals surface area contributed by atoms with Crippen molar-refractivity contribution >= 4 is 15.9 Å². The molecule has 144 valence electrons. The van der Waals surface area contributed by atoms with E-state index in [1.54, 1.807) is 24.3 Å². The molecule has 26 heavy (non-hydrogen) atoms. The smallest absolute Gasteiger partial charge is 0.243 e. The van der Waals surface area contributed by atoms with E-state index in [1.807, 2.05) is 6.92 Å². The minimum atomic E-state index is -3.63. The van der Waals surface area contributed by atoms with Crippen molar-refractivity contribution < 1.29 is 13.2 Å². The Kier molecular flexibility index (Phi) is 6.35. The van der Waals surface area contributed by atoms with Gasteiger partial charge in [-0.05, 0) is 44.7 Å². The Bertz CT molecular complexity index is 707. The number of hydrogen-bond donors (Lipinski definition) is 1. The van der Waals surface area contributed by atoms with Crippen LogP contribution in [0.4, 0.5) is 0 Å². The zero-order chi connectivity index (χ0) is 18.6. The van der Waals surface area contributed by atoms with Crippen molar-refractivity contribution in [3.63, 3.8) is 0 Å². The quantitative estimate of drug-likeness (QED) is 0.873. The summed E-state index contributed by atoms with van der Waals surface area (Å²) in [6.07, 6.45) is 9.35. The molecular formula is C20H30N2O3S. The highest BCUT2D eigenvalue weighted by Gasteiger charge is 2.39. The number of sulfonamides is 1. The largest absolute Gasteiger partial charge is 0.352 e. The average Bonchev–Trinajstić information content (AvgIpc) is 3.08. The number of rotatable bonds is 4. The molecular weight excluding hydrogens is 348 g/mol. The number of amides is 1. The predicted octanol–water partition coefficient (Wildman–Crippen LogP) is 3.38. The topological polar surface area (TPSA) is 66.5 Å². The second kappa shape index (κ2) is 8.53. The molecule has 0 bridgehead atoms. The van der Waals surface area contributed by atoms with Gasteiger partial charge in [-0.2, -0.15) is 4.31 Å². The van der Waals surface area contributed by atoms with Crippen LogP contribution in [0.25, 0.3) is 0 Å². The van der Waals surface area contributed by atoms with Gasteiger partial charge in [0, 0.05) is 12.6 Å². The highest BCUT2D eigenvalue weighted by molar-refractivity contribution is 7.89. The van der Waals surface area contributed by atoms with Crippen molar-refractivity contribution in [3.8, 4) is 0 Å². The minimum absolute atomic E-state index is 0.122. The number of aryl methyl sites for hydroxylation is 1. The first-order valence-corrected chi connectivity index (χ1v) is 11.3. The van der Waals surface area contributed by atoms with Gasteiger partial charge in [-0.3, -0.25) is 4.79 Å². The third-order valence-electron chi connectivity index (χ3n) is 5.59. The Morgan fingerprint density at radius 3 is 2.23 bits per heavy atom. The molecule has 1 amide bonds. The number of hydrogen-bond acceptors (Lipinski definition) is 3. The summed E-state index contributed by atoms with van der Waals surface area (Å²) in [4.78, 5) is 13.1. The SMILES string of the molecule is Cc1ccc(S(=O)(=O)N2CCC[C@@H]2C(=O)NC2CCCCCCC2)cc1. The van der Waals surface area contributed by atoms with Crippen molar-refractivity contribution in [2.75, 3.05) is 6.54 Å². The molecule has 1 saturated heterocycles. The lowest BCUT2D eigenvalue weighted by Gasteiger charge is -2.27. The average molecular weight is 379 g/mol. The molecule has 1 N–H and O–H groups in total. The molecule has 1 aliphatic carbocycles. The second-order valence-electron chi connectivity index (χ2n) is 7.64. The van der Waals surface area contributed by atoms with E-state index < -0.39 is 16.1 Å². The minimum Gasteiger partial charge on any atom is -0.352 e. The van der Waals surface area contributed by atoms with Crippen LogP contribution in [0.5, 0.6) is 0 Å². The standard InChI is InChI=1S/C20H30N2O3S/c1-16-11-13-18(14-12-16)26(24,25)22-15-7-10-19(22)20(23)21-17-8-5-3-2-4-6-9-17/h11-14,17,19H,2-10,15H2,1H3,(H,21,23)/t19-/m1/s1. The van der Waals surface area contributed by atoms with Gasteiger partial charge in [0.2, 0.25) is 15.9 Å². The van der Waals surface area contributed by atoms with Crippen LogP contribution in [0.1, 0.15) is 63.4 Å². The summed E-state index contributed by atoms with van der Waals surface area (Å²) in [6.45, 7) is 2.34. The number of benzene rings is 1. The lowest BCUT2D eigenvalue weighted by molar-refractivity contribution is -0.125. The maximum Gasteiger partial charge on any atom is 0.243 e. The third-order valence-corrected chi connectivity index (χ3v) is 7.51. The van der Waals surface area contributed by atoms with Crippen molar-refractivity contribution in [1.82, 2.24) is 9.62 Å². The first-order valence-electron chi connectivity index (χ1n) is 9.87. The first-order chi connectivity index (χ1) is 12.5. The molecule has 1 aromatic carbocycles. The van der Waals surface area contributed by atoms with Crippen molar-refractivity contribution in [1.29, 1.82) is 0 Å². The van der Waals surface area contributed by atoms with E-state index in [0.29, 0.717) is 13.0 Å². The molecule has 1 heterocycles. The zero-order valence-electron chi connectivity index (χ0n) is 15.6. The van der Waals surface area contributed by atoms with Gasteiger partial charge in [-0.25, -0.2) is 8.42 Å². The van der Waals surface area contributed by atoms with Crippen LogP contribution in [-0.2, 0) is 14.8 Å². The normalized spacial score (nSPS) is 23.3. The third kappa shape index (κ3) is 4.46. The molecule has 0 spiro atoms. The number of nitrogens with zero attached hydrogens (tertiary/aromatic N) is 1. The van der Waals surface area contributed by atoms with E-state index in [1.165, 1.54) is 23.6 Å². The summed E-state index contributed by atoms with van der Waals surface area (Å²) in [5, 5.41) is 3.15. The van der Waals surface area contributed by atoms with Crippen molar-refractivity contribution in [2.24, 2.45) is 0 Å². The van der Waals surface area contributed by atoms with E-state index in [4.69, 9.17) is 0 Å². The van der Waals surface area contributed by atoms with Gasteiger partial charge >= 0.3 is 0 Å². The van der Waals surface area contributed by atoms with E-state index in [9.17, 15) is 13.2 Å². The summed E-state index contributed by atoms with van der Waals surface area (Å²) < 4.78 is 27.4. The van der Waals surface area contributed by atoms with Crippen LogP contribution in [0.3, 0.4) is 0 Å². The Hall–Kier alpha value is -1.40. The maximum atomic E-state index is 13.0. The molecule has 3 rings (SSSR count). The first kappa shape index (κ1) is 19.4. The summed E-state index contributed by atoms with van der Waals surface area (Å²) in [6, 6.07) is 6.47. The van der Waals surface area contributed by atoms with E-state index in [0.717, 1.165) is 37.7 Å². The molecule has 1 aromatic rings. The summed E-state index contributed by atoms with van der Waals surface area (Å²) in [5.74, 6) is -0.122. The van der Waals surface area contributed by atoms with Crippen LogP contribution < -0.4 is 5.32 Å². The van der Waals surface area contributed by atoms with E-state index >= 15 is 0 Å². The Morgan fingerprint density at radius 2 is 1.58 bits per heavy atom. The van der Waals surface area contributed by atoms with Gasteiger partial charge < -0.3 is 5.32 Å². The summed E-state index contributed by atoms with van der Waals surface area (Å²) >= 11 is 0. The monoisotopic (exact) mass is 378 g/mol. The van der Waals surface area contributed by atoms with Gasteiger partial charge in [-0.15, -0.1) is 0 Å². The van der Waals surface area contributed by atoms with Gasteiger partial charge in [0.25, 0.3) is 0 Å². The molecule has 0 aromatic heterocycles.